The zero-order valence-corrected chi connectivity index (χ0v) is 17.7. The maximum atomic E-state index is 10.4. The summed E-state index contributed by atoms with van der Waals surface area (Å²) in [5, 5.41) is 10.4. The van der Waals surface area contributed by atoms with Crippen LogP contribution in [0.15, 0.2) is 31.0 Å². The van der Waals surface area contributed by atoms with E-state index in [1.54, 1.807) is 7.11 Å². The fraction of sp³-hybridized carbons (Fsp3) is 0.500. The molecular formula is C24H30N4O2. The van der Waals surface area contributed by atoms with Gasteiger partial charge in [-0.05, 0) is 43.7 Å². The lowest BCUT2D eigenvalue weighted by molar-refractivity contribution is 0.166. The summed E-state index contributed by atoms with van der Waals surface area (Å²) in [5.74, 6) is 1.67. The molecule has 2 fully saturated rings. The van der Waals surface area contributed by atoms with E-state index in [0.717, 1.165) is 49.6 Å². The highest BCUT2D eigenvalue weighted by atomic mass is 16.5. The number of benzene rings is 1. The molecule has 1 aromatic carbocycles. The molecule has 3 aliphatic heterocycles. The van der Waals surface area contributed by atoms with Crippen LogP contribution in [-0.4, -0.2) is 46.2 Å². The van der Waals surface area contributed by atoms with Crippen LogP contribution >= 0.6 is 0 Å². The van der Waals surface area contributed by atoms with E-state index >= 15 is 0 Å². The molecule has 0 radical (unpaired) electrons. The first-order valence-electron chi connectivity index (χ1n) is 11.0. The maximum absolute atomic E-state index is 10.4. The Bertz CT molecular complexity index is 954. The minimum atomic E-state index is 0.218. The second kappa shape index (κ2) is 7.91. The first-order valence-corrected chi connectivity index (χ1v) is 11.0. The van der Waals surface area contributed by atoms with Gasteiger partial charge in [0.15, 0.2) is 11.5 Å². The molecule has 2 aromatic rings. The molecule has 0 spiro atoms. The van der Waals surface area contributed by atoms with Crippen molar-refractivity contribution in [1.29, 1.82) is 0 Å². The van der Waals surface area contributed by atoms with E-state index in [2.05, 4.69) is 28.6 Å². The number of methoxy groups -OCH3 is 1. The molecule has 1 aromatic heterocycles. The van der Waals surface area contributed by atoms with E-state index in [4.69, 9.17) is 14.7 Å². The van der Waals surface area contributed by atoms with Crippen LogP contribution in [-0.2, 0) is 19.4 Å². The van der Waals surface area contributed by atoms with Crippen molar-refractivity contribution in [3.05, 3.63) is 53.4 Å². The van der Waals surface area contributed by atoms with Gasteiger partial charge in [-0.15, -0.1) is 6.58 Å². The standard InChI is InChI=1S/C24H30N4O2/c1-3-6-17-11-16(12-22(30-2)23(17)29)15-28-18-7-8-21(28)19-14-25-24(26-20(19)13-18)27-9-4-5-10-27/h3,11-12,14,18,21,29H,1,4-10,13,15H2,2H3/t18-,21+/m0/s1. The number of aromatic hydroxyl groups is 1. The second-order valence-corrected chi connectivity index (χ2v) is 8.69. The van der Waals surface area contributed by atoms with E-state index in [0.29, 0.717) is 24.3 Å². The highest BCUT2D eigenvalue weighted by Crippen LogP contribution is 2.44. The Morgan fingerprint density at radius 2 is 2.10 bits per heavy atom. The molecule has 2 saturated heterocycles. The Labute approximate surface area is 178 Å². The molecule has 5 rings (SSSR count). The molecule has 6 nitrogen and oxygen atoms in total. The monoisotopic (exact) mass is 406 g/mol. The number of anilines is 1. The zero-order valence-electron chi connectivity index (χ0n) is 17.7. The van der Waals surface area contributed by atoms with E-state index in [1.807, 2.05) is 12.1 Å². The molecule has 1 N–H and O–H groups in total. The molecule has 6 heteroatoms. The van der Waals surface area contributed by atoms with Crippen molar-refractivity contribution in [3.63, 3.8) is 0 Å². The summed E-state index contributed by atoms with van der Waals surface area (Å²) < 4.78 is 5.42. The fourth-order valence-electron chi connectivity index (χ4n) is 5.38. The summed E-state index contributed by atoms with van der Waals surface area (Å²) in [4.78, 5) is 14.6. The van der Waals surface area contributed by atoms with Gasteiger partial charge in [0.25, 0.3) is 0 Å². The summed E-state index contributed by atoms with van der Waals surface area (Å²) in [7, 11) is 1.60. The van der Waals surface area contributed by atoms with Crippen molar-refractivity contribution >= 4 is 5.95 Å². The lowest BCUT2D eigenvalue weighted by Gasteiger charge is -2.36. The number of nitrogens with zero attached hydrogens (tertiary/aromatic N) is 4. The molecule has 158 valence electrons. The van der Waals surface area contributed by atoms with E-state index in [-0.39, 0.29) is 5.75 Å². The van der Waals surface area contributed by atoms with Crippen LogP contribution in [0.3, 0.4) is 0 Å². The van der Waals surface area contributed by atoms with Crippen LogP contribution in [0, 0.1) is 0 Å². The normalized spacial score (nSPS) is 22.9. The Kier molecular flexibility index (Phi) is 5.11. The molecule has 2 bridgehead atoms. The molecule has 2 atom stereocenters. The number of phenolic OH excluding ortho intramolecular Hbond substituents is 1. The quantitative estimate of drug-likeness (QED) is 0.737. The molecule has 30 heavy (non-hydrogen) atoms. The van der Waals surface area contributed by atoms with E-state index in [1.165, 1.54) is 30.5 Å². The van der Waals surface area contributed by atoms with Crippen LogP contribution in [0.4, 0.5) is 5.95 Å². The first-order chi connectivity index (χ1) is 14.7. The number of aromatic nitrogens is 2. The summed E-state index contributed by atoms with van der Waals surface area (Å²) in [5.41, 5.74) is 4.56. The summed E-state index contributed by atoms with van der Waals surface area (Å²) in [6, 6.07) is 4.92. The molecule has 0 unspecified atom stereocenters. The van der Waals surface area contributed by atoms with Crippen molar-refractivity contribution in [1.82, 2.24) is 14.9 Å². The SMILES string of the molecule is C=CCc1cc(CN2[C@H]3CC[C@@H]2c2cnc(N4CCCC4)nc2C3)cc(OC)c1O. The number of fused-ring (bicyclic) bond motifs is 4. The first kappa shape index (κ1) is 19.4. The van der Waals surface area contributed by atoms with Crippen molar-refractivity contribution < 1.29 is 9.84 Å². The molecule has 4 heterocycles. The van der Waals surface area contributed by atoms with Gasteiger partial charge >= 0.3 is 0 Å². The topological polar surface area (TPSA) is 61.7 Å². The third kappa shape index (κ3) is 3.33. The van der Waals surface area contributed by atoms with Crippen molar-refractivity contribution in [2.45, 2.75) is 57.2 Å². The Balaban J connectivity index is 1.41. The predicted octanol–water partition coefficient (Wildman–Crippen LogP) is 3.78. The van der Waals surface area contributed by atoms with Crippen LogP contribution in [0.1, 0.15) is 54.1 Å². The number of ether oxygens (including phenoxy) is 1. The third-order valence-corrected chi connectivity index (χ3v) is 6.87. The van der Waals surface area contributed by atoms with Gasteiger partial charge in [0.1, 0.15) is 0 Å². The summed E-state index contributed by atoms with van der Waals surface area (Å²) in [6.07, 6.45) is 10.3. The molecule has 3 aliphatic rings. The lowest BCUT2D eigenvalue weighted by Crippen LogP contribution is -2.38. The molecule has 0 aliphatic carbocycles. The largest absolute Gasteiger partial charge is 0.504 e. The van der Waals surface area contributed by atoms with Crippen LogP contribution in [0.25, 0.3) is 0 Å². The van der Waals surface area contributed by atoms with Gasteiger partial charge in [0.2, 0.25) is 5.95 Å². The van der Waals surface area contributed by atoms with Crippen molar-refractivity contribution in [2.75, 3.05) is 25.1 Å². The van der Waals surface area contributed by atoms with Crippen LogP contribution in [0.2, 0.25) is 0 Å². The minimum absolute atomic E-state index is 0.218. The predicted molar refractivity (Wildman–Crippen MR) is 117 cm³/mol. The number of hydrogen-bond acceptors (Lipinski definition) is 6. The highest BCUT2D eigenvalue weighted by Gasteiger charge is 2.41. The number of hydrogen-bond donors (Lipinski definition) is 1. The van der Waals surface area contributed by atoms with Gasteiger partial charge < -0.3 is 14.7 Å². The van der Waals surface area contributed by atoms with Gasteiger partial charge in [-0.1, -0.05) is 12.1 Å². The second-order valence-electron chi connectivity index (χ2n) is 8.69. The summed E-state index contributed by atoms with van der Waals surface area (Å²) >= 11 is 0. The van der Waals surface area contributed by atoms with Gasteiger partial charge in [-0.3, -0.25) is 4.90 Å². The van der Waals surface area contributed by atoms with E-state index < -0.39 is 0 Å². The van der Waals surface area contributed by atoms with Crippen LogP contribution < -0.4 is 9.64 Å². The van der Waals surface area contributed by atoms with Gasteiger partial charge in [-0.2, -0.15) is 0 Å². The average Bonchev–Trinajstić information content (AvgIpc) is 3.38. The van der Waals surface area contributed by atoms with Crippen LogP contribution in [0.5, 0.6) is 11.5 Å². The zero-order chi connectivity index (χ0) is 20.7. The van der Waals surface area contributed by atoms with Crippen molar-refractivity contribution in [3.8, 4) is 11.5 Å². The van der Waals surface area contributed by atoms with E-state index in [9.17, 15) is 5.11 Å². The van der Waals surface area contributed by atoms with Gasteiger partial charge in [0.05, 0.1) is 12.8 Å². The third-order valence-electron chi connectivity index (χ3n) is 6.87. The molecule has 0 amide bonds. The Morgan fingerprint density at radius 1 is 1.27 bits per heavy atom. The average molecular weight is 407 g/mol. The lowest BCUT2D eigenvalue weighted by atomic mass is 9.97. The molecule has 0 saturated carbocycles. The highest BCUT2D eigenvalue weighted by molar-refractivity contribution is 5.49. The maximum Gasteiger partial charge on any atom is 0.225 e. The number of phenols is 1. The smallest absolute Gasteiger partial charge is 0.225 e. The van der Waals surface area contributed by atoms with Gasteiger partial charge in [0, 0.05) is 55.5 Å². The number of allylic oxidation sites excluding steroid dienone is 1. The minimum Gasteiger partial charge on any atom is -0.504 e. The van der Waals surface area contributed by atoms with Gasteiger partial charge in [-0.25, -0.2) is 9.97 Å². The Hall–Kier alpha value is -2.60. The fourth-order valence-corrected chi connectivity index (χ4v) is 5.38. The molecular weight excluding hydrogens is 376 g/mol. The summed E-state index contributed by atoms with van der Waals surface area (Å²) in [6.45, 7) is 6.80. The Morgan fingerprint density at radius 3 is 2.87 bits per heavy atom. The van der Waals surface area contributed by atoms with Crippen molar-refractivity contribution in [2.24, 2.45) is 0 Å². The number of rotatable bonds is 6.